The van der Waals surface area contributed by atoms with Crippen molar-refractivity contribution in [2.24, 2.45) is 5.73 Å². The van der Waals surface area contributed by atoms with Crippen LogP contribution in [0.2, 0.25) is 0 Å². The highest BCUT2D eigenvalue weighted by Gasteiger charge is 2.11. The molecule has 1 unspecified atom stereocenters. The molecule has 0 aromatic heterocycles. The third kappa shape index (κ3) is 4.94. The van der Waals surface area contributed by atoms with Gasteiger partial charge in [0.1, 0.15) is 0 Å². The first-order chi connectivity index (χ1) is 9.28. The number of hydrogen-bond donors (Lipinski definition) is 2. The van der Waals surface area contributed by atoms with Crippen LogP contribution in [0.3, 0.4) is 0 Å². The van der Waals surface area contributed by atoms with Crippen molar-refractivity contribution in [2.45, 2.75) is 45.3 Å². The van der Waals surface area contributed by atoms with Crippen molar-refractivity contribution in [3.8, 4) is 0 Å². The Bertz CT molecular complexity index is 355. The monoisotopic (exact) mass is 261 g/mol. The third-order valence-corrected chi connectivity index (χ3v) is 3.89. The van der Waals surface area contributed by atoms with Gasteiger partial charge in [0.2, 0.25) is 0 Å². The molecule has 1 aliphatic heterocycles. The van der Waals surface area contributed by atoms with E-state index in [0.29, 0.717) is 0 Å². The molecular formula is C16H27N3. The maximum atomic E-state index is 5.88. The van der Waals surface area contributed by atoms with Gasteiger partial charge >= 0.3 is 0 Å². The van der Waals surface area contributed by atoms with Crippen molar-refractivity contribution >= 4 is 0 Å². The van der Waals surface area contributed by atoms with Crippen molar-refractivity contribution in [3.63, 3.8) is 0 Å². The second-order valence-corrected chi connectivity index (χ2v) is 5.60. The fourth-order valence-electron chi connectivity index (χ4n) is 2.51. The maximum Gasteiger partial charge on any atom is 0.0233 e. The van der Waals surface area contributed by atoms with Gasteiger partial charge in [-0.1, -0.05) is 31.2 Å². The van der Waals surface area contributed by atoms with E-state index in [9.17, 15) is 0 Å². The summed E-state index contributed by atoms with van der Waals surface area (Å²) in [7, 11) is 0. The quantitative estimate of drug-likeness (QED) is 0.790. The molecule has 1 aromatic rings. The molecule has 0 aliphatic carbocycles. The molecule has 1 saturated heterocycles. The van der Waals surface area contributed by atoms with E-state index in [0.717, 1.165) is 26.1 Å². The van der Waals surface area contributed by atoms with Gasteiger partial charge in [-0.25, -0.2) is 0 Å². The van der Waals surface area contributed by atoms with Gasteiger partial charge in [-0.3, -0.25) is 4.90 Å². The van der Waals surface area contributed by atoms with Crippen molar-refractivity contribution in [1.82, 2.24) is 10.2 Å². The molecule has 1 aromatic carbocycles. The molecule has 1 aliphatic rings. The van der Waals surface area contributed by atoms with Crippen LogP contribution in [0, 0.1) is 0 Å². The smallest absolute Gasteiger partial charge is 0.0233 e. The first-order valence-electron chi connectivity index (χ1n) is 7.54. The number of nitrogens with zero attached hydrogens (tertiary/aromatic N) is 1. The first-order valence-corrected chi connectivity index (χ1v) is 7.54. The lowest BCUT2D eigenvalue weighted by Crippen LogP contribution is -2.32. The second-order valence-electron chi connectivity index (χ2n) is 5.60. The SMILES string of the molecule is CCC(N)CNCc1ccc(CN2CCCC2)cc1. The second kappa shape index (κ2) is 7.63. The summed E-state index contributed by atoms with van der Waals surface area (Å²) in [6.07, 6.45) is 3.75. The highest BCUT2D eigenvalue weighted by molar-refractivity contribution is 5.22. The third-order valence-electron chi connectivity index (χ3n) is 3.89. The van der Waals surface area contributed by atoms with Crippen LogP contribution >= 0.6 is 0 Å². The summed E-state index contributed by atoms with van der Waals surface area (Å²) in [6, 6.07) is 9.25. The van der Waals surface area contributed by atoms with Gasteiger partial charge in [0.05, 0.1) is 0 Å². The van der Waals surface area contributed by atoms with E-state index < -0.39 is 0 Å². The fourth-order valence-corrected chi connectivity index (χ4v) is 2.51. The van der Waals surface area contributed by atoms with E-state index in [1.54, 1.807) is 0 Å². The highest BCUT2D eigenvalue weighted by Crippen LogP contribution is 2.13. The largest absolute Gasteiger partial charge is 0.327 e. The van der Waals surface area contributed by atoms with Crippen LogP contribution in [0.4, 0.5) is 0 Å². The molecule has 0 amide bonds. The Labute approximate surface area is 117 Å². The lowest BCUT2D eigenvalue weighted by Gasteiger charge is -2.15. The zero-order valence-corrected chi connectivity index (χ0v) is 12.1. The Kier molecular flexibility index (Phi) is 5.83. The first kappa shape index (κ1) is 14.5. The van der Waals surface area contributed by atoms with E-state index in [-0.39, 0.29) is 6.04 Å². The Morgan fingerprint density at radius 1 is 1.16 bits per heavy atom. The van der Waals surface area contributed by atoms with Crippen molar-refractivity contribution < 1.29 is 0 Å². The molecular weight excluding hydrogens is 234 g/mol. The number of nitrogens with two attached hydrogens (primary N) is 1. The molecule has 3 nitrogen and oxygen atoms in total. The Morgan fingerprint density at radius 2 is 1.79 bits per heavy atom. The predicted octanol–water partition coefficient (Wildman–Crippen LogP) is 2.11. The number of benzene rings is 1. The van der Waals surface area contributed by atoms with E-state index in [1.165, 1.54) is 37.1 Å². The van der Waals surface area contributed by atoms with E-state index in [1.807, 2.05) is 0 Å². The average molecular weight is 261 g/mol. The molecule has 1 atom stereocenters. The number of rotatable bonds is 7. The van der Waals surface area contributed by atoms with Gasteiger partial charge in [-0.15, -0.1) is 0 Å². The van der Waals surface area contributed by atoms with E-state index in [2.05, 4.69) is 41.4 Å². The Hall–Kier alpha value is -0.900. The van der Waals surface area contributed by atoms with Gasteiger partial charge in [0.15, 0.2) is 0 Å². The summed E-state index contributed by atoms with van der Waals surface area (Å²) in [5.74, 6) is 0. The zero-order chi connectivity index (χ0) is 13.5. The Morgan fingerprint density at radius 3 is 2.42 bits per heavy atom. The van der Waals surface area contributed by atoms with E-state index >= 15 is 0 Å². The van der Waals surface area contributed by atoms with Gasteiger partial charge in [-0.2, -0.15) is 0 Å². The minimum Gasteiger partial charge on any atom is -0.327 e. The summed E-state index contributed by atoms with van der Waals surface area (Å²) in [4.78, 5) is 2.54. The molecule has 3 heteroatoms. The van der Waals surface area contributed by atoms with Crippen LogP contribution in [0.1, 0.15) is 37.3 Å². The number of hydrogen-bond acceptors (Lipinski definition) is 3. The van der Waals surface area contributed by atoms with Gasteiger partial charge in [0, 0.05) is 25.7 Å². The average Bonchev–Trinajstić information content (AvgIpc) is 2.93. The lowest BCUT2D eigenvalue weighted by molar-refractivity contribution is 0.331. The summed E-state index contributed by atoms with van der Waals surface area (Å²) in [5, 5.41) is 3.41. The topological polar surface area (TPSA) is 41.3 Å². The molecule has 1 heterocycles. The van der Waals surface area contributed by atoms with Crippen LogP contribution < -0.4 is 11.1 Å². The standard InChI is InChI=1S/C16H27N3/c1-2-16(17)12-18-11-14-5-7-15(8-6-14)13-19-9-3-4-10-19/h5-8,16,18H,2-4,9-13,17H2,1H3. The van der Waals surface area contributed by atoms with Crippen LogP contribution in [-0.2, 0) is 13.1 Å². The molecule has 3 N–H and O–H groups in total. The van der Waals surface area contributed by atoms with Gasteiger partial charge in [-0.05, 0) is 43.5 Å². The van der Waals surface area contributed by atoms with Crippen LogP contribution in [-0.4, -0.2) is 30.6 Å². The number of nitrogens with one attached hydrogen (secondary N) is 1. The van der Waals surface area contributed by atoms with E-state index in [4.69, 9.17) is 5.73 Å². The molecule has 0 saturated carbocycles. The van der Waals surface area contributed by atoms with Crippen LogP contribution in [0.15, 0.2) is 24.3 Å². The highest BCUT2D eigenvalue weighted by atomic mass is 15.1. The summed E-state index contributed by atoms with van der Waals surface area (Å²) in [5.41, 5.74) is 8.65. The lowest BCUT2D eigenvalue weighted by atomic mass is 10.1. The molecule has 2 rings (SSSR count). The predicted molar refractivity (Wildman–Crippen MR) is 80.9 cm³/mol. The molecule has 0 radical (unpaired) electrons. The summed E-state index contributed by atoms with van der Waals surface area (Å²) >= 11 is 0. The minimum atomic E-state index is 0.273. The molecule has 19 heavy (non-hydrogen) atoms. The summed E-state index contributed by atoms with van der Waals surface area (Å²) < 4.78 is 0. The summed E-state index contributed by atoms with van der Waals surface area (Å²) in [6.45, 7) is 7.56. The molecule has 0 spiro atoms. The fraction of sp³-hybridized carbons (Fsp3) is 0.625. The maximum absolute atomic E-state index is 5.88. The van der Waals surface area contributed by atoms with Crippen molar-refractivity contribution in [3.05, 3.63) is 35.4 Å². The van der Waals surface area contributed by atoms with Crippen LogP contribution in [0.5, 0.6) is 0 Å². The normalized spacial score (nSPS) is 17.8. The van der Waals surface area contributed by atoms with Crippen molar-refractivity contribution in [1.29, 1.82) is 0 Å². The zero-order valence-electron chi connectivity index (χ0n) is 12.1. The number of likely N-dealkylation sites (tertiary alicyclic amines) is 1. The molecule has 0 bridgehead atoms. The van der Waals surface area contributed by atoms with Crippen molar-refractivity contribution in [2.75, 3.05) is 19.6 Å². The minimum absolute atomic E-state index is 0.273. The van der Waals surface area contributed by atoms with Crippen LogP contribution in [0.25, 0.3) is 0 Å². The van der Waals surface area contributed by atoms with Gasteiger partial charge in [0.25, 0.3) is 0 Å². The molecule has 106 valence electrons. The molecule has 1 fully saturated rings. The Balaban J connectivity index is 1.74. The van der Waals surface area contributed by atoms with Gasteiger partial charge < -0.3 is 11.1 Å².